The van der Waals surface area contributed by atoms with Crippen LogP contribution in [0.2, 0.25) is 0 Å². The fraction of sp³-hybridized carbons (Fsp3) is 0.458. The zero-order valence-corrected chi connectivity index (χ0v) is 20.4. The van der Waals surface area contributed by atoms with E-state index in [0.29, 0.717) is 49.7 Å². The number of aromatic nitrogens is 2. The Bertz CT molecular complexity index is 1220. The van der Waals surface area contributed by atoms with Gasteiger partial charge in [0.25, 0.3) is 5.56 Å². The first-order valence-electron chi connectivity index (χ1n) is 11.7. The SMILES string of the molecule is CCOC(=O)C1CCN(c2nc3c(c(=O)[nH]2)[C@H](C(=O)Nc2cc(OC)ccc2OC)CC(=O)N3)CC1. The van der Waals surface area contributed by atoms with Crippen LogP contribution in [0.4, 0.5) is 17.5 Å². The molecule has 0 saturated carbocycles. The van der Waals surface area contributed by atoms with Crippen LogP contribution in [0.5, 0.6) is 11.5 Å². The van der Waals surface area contributed by atoms with Crippen LogP contribution in [0, 0.1) is 5.92 Å². The Kier molecular flexibility index (Phi) is 7.41. The second-order valence-corrected chi connectivity index (χ2v) is 8.53. The van der Waals surface area contributed by atoms with Crippen molar-refractivity contribution in [2.45, 2.75) is 32.1 Å². The molecule has 2 amide bonds. The zero-order chi connectivity index (χ0) is 25.8. The summed E-state index contributed by atoms with van der Waals surface area (Å²) in [6, 6.07) is 4.91. The lowest BCUT2D eigenvalue weighted by atomic mass is 9.92. The third-order valence-electron chi connectivity index (χ3n) is 6.33. The Morgan fingerprint density at radius 2 is 1.92 bits per heavy atom. The molecule has 3 N–H and O–H groups in total. The Morgan fingerprint density at radius 3 is 2.58 bits per heavy atom. The van der Waals surface area contributed by atoms with Crippen molar-refractivity contribution in [1.29, 1.82) is 0 Å². The average molecular weight is 500 g/mol. The van der Waals surface area contributed by atoms with Crippen molar-refractivity contribution in [3.8, 4) is 11.5 Å². The van der Waals surface area contributed by atoms with Crippen LogP contribution < -0.4 is 30.6 Å². The van der Waals surface area contributed by atoms with E-state index in [1.54, 1.807) is 25.1 Å². The standard InChI is InChI=1S/C24H29N5O7/c1-4-36-23(33)13-7-9-29(10-8-13)24-27-20-19(22(32)28-24)15(12-18(30)26-20)21(31)25-16-11-14(34-2)5-6-17(16)35-3/h5-6,11,13,15H,4,7-10,12H2,1-3H3,(H,25,31)(H2,26,27,28,30,32)/t15-/m1/s1. The van der Waals surface area contributed by atoms with E-state index in [1.165, 1.54) is 14.2 Å². The van der Waals surface area contributed by atoms with E-state index < -0.39 is 23.3 Å². The average Bonchev–Trinajstić information content (AvgIpc) is 2.88. The van der Waals surface area contributed by atoms with Gasteiger partial charge in [0.15, 0.2) is 0 Å². The number of hydrogen-bond donors (Lipinski definition) is 3. The molecule has 0 bridgehead atoms. The molecule has 1 fully saturated rings. The van der Waals surface area contributed by atoms with E-state index in [2.05, 4.69) is 20.6 Å². The number of rotatable bonds is 7. The predicted octanol–water partition coefficient (Wildman–Crippen LogP) is 1.63. The van der Waals surface area contributed by atoms with E-state index in [1.807, 2.05) is 4.90 Å². The van der Waals surface area contributed by atoms with Gasteiger partial charge in [-0.15, -0.1) is 0 Å². The number of hydrogen-bond acceptors (Lipinski definition) is 9. The fourth-order valence-corrected chi connectivity index (χ4v) is 4.45. The maximum atomic E-state index is 13.2. The van der Waals surface area contributed by atoms with Gasteiger partial charge in [0.05, 0.1) is 43.9 Å². The summed E-state index contributed by atoms with van der Waals surface area (Å²) in [6.45, 7) is 3.07. The molecular weight excluding hydrogens is 470 g/mol. The molecular formula is C24H29N5O7. The zero-order valence-electron chi connectivity index (χ0n) is 20.4. The van der Waals surface area contributed by atoms with Gasteiger partial charge in [-0.05, 0) is 31.9 Å². The lowest BCUT2D eigenvalue weighted by molar-refractivity contribution is -0.148. The van der Waals surface area contributed by atoms with E-state index in [4.69, 9.17) is 14.2 Å². The number of aromatic amines is 1. The molecule has 1 aromatic carbocycles. The molecule has 0 radical (unpaired) electrons. The number of carbonyl (C=O) groups is 3. The summed E-state index contributed by atoms with van der Waals surface area (Å²) >= 11 is 0. The Labute approximate surface area is 207 Å². The number of esters is 1. The highest BCUT2D eigenvalue weighted by Gasteiger charge is 2.36. The minimum Gasteiger partial charge on any atom is -0.497 e. The monoisotopic (exact) mass is 499 g/mol. The number of fused-ring (bicyclic) bond motifs is 1. The number of piperidine rings is 1. The second-order valence-electron chi connectivity index (χ2n) is 8.53. The quantitative estimate of drug-likeness (QED) is 0.483. The molecule has 36 heavy (non-hydrogen) atoms. The van der Waals surface area contributed by atoms with Crippen LogP contribution in [0.25, 0.3) is 0 Å². The number of amides is 2. The van der Waals surface area contributed by atoms with Crippen molar-refractivity contribution in [1.82, 2.24) is 9.97 Å². The lowest BCUT2D eigenvalue weighted by Crippen LogP contribution is -2.41. The molecule has 4 rings (SSSR count). The highest BCUT2D eigenvalue weighted by atomic mass is 16.5. The summed E-state index contributed by atoms with van der Waals surface area (Å²) in [6.07, 6.45) is 0.902. The van der Waals surface area contributed by atoms with E-state index >= 15 is 0 Å². The van der Waals surface area contributed by atoms with Crippen molar-refractivity contribution < 1.29 is 28.6 Å². The third-order valence-corrected chi connectivity index (χ3v) is 6.33. The van der Waals surface area contributed by atoms with Gasteiger partial charge in [-0.25, -0.2) is 0 Å². The van der Waals surface area contributed by atoms with Gasteiger partial charge in [-0.2, -0.15) is 4.98 Å². The largest absolute Gasteiger partial charge is 0.497 e. The van der Waals surface area contributed by atoms with Gasteiger partial charge >= 0.3 is 5.97 Å². The number of nitrogens with one attached hydrogen (secondary N) is 3. The molecule has 0 spiro atoms. The van der Waals surface area contributed by atoms with Crippen molar-refractivity contribution >= 4 is 35.2 Å². The summed E-state index contributed by atoms with van der Waals surface area (Å²) in [7, 11) is 2.96. The van der Waals surface area contributed by atoms with Gasteiger partial charge in [0.2, 0.25) is 17.8 Å². The minimum atomic E-state index is -1.05. The normalized spacial score (nSPS) is 17.6. The number of H-pyrrole nitrogens is 1. The van der Waals surface area contributed by atoms with Crippen molar-refractivity contribution in [3.63, 3.8) is 0 Å². The van der Waals surface area contributed by atoms with Crippen LogP contribution in [-0.2, 0) is 19.1 Å². The van der Waals surface area contributed by atoms with Gasteiger partial charge in [0.1, 0.15) is 17.3 Å². The summed E-state index contributed by atoms with van der Waals surface area (Å²) in [4.78, 5) is 59.8. The van der Waals surface area contributed by atoms with Crippen LogP contribution in [-0.4, -0.2) is 61.7 Å². The van der Waals surface area contributed by atoms with Crippen LogP contribution >= 0.6 is 0 Å². The molecule has 12 nitrogen and oxygen atoms in total. The number of nitrogens with zero attached hydrogens (tertiary/aromatic N) is 2. The second kappa shape index (κ2) is 10.7. The van der Waals surface area contributed by atoms with Gasteiger partial charge in [-0.1, -0.05) is 0 Å². The predicted molar refractivity (Wildman–Crippen MR) is 131 cm³/mol. The number of benzene rings is 1. The van der Waals surface area contributed by atoms with Crippen LogP contribution in [0.1, 0.15) is 37.7 Å². The van der Waals surface area contributed by atoms with E-state index in [0.717, 1.165) is 0 Å². The molecule has 3 heterocycles. The summed E-state index contributed by atoms with van der Waals surface area (Å²) in [5.41, 5.74) is -0.0840. The first-order chi connectivity index (χ1) is 17.3. The Hall–Kier alpha value is -4.09. The maximum Gasteiger partial charge on any atom is 0.309 e. The van der Waals surface area contributed by atoms with Crippen molar-refractivity contribution in [2.75, 3.05) is 49.4 Å². The molecule has 0 aliphatic carbocycles. The maximum absolute atomic E-state index is 13.2. The molecule has 0 unspecified atom stereocenters. The third kappa shape index (κ3) is 5.11. The van der Waals surface area contributed by atoms with E-state index in [9.17, 15) is 19.2 Å². The molecule has 192 valence electrons. The molecule has 2 aliphatic rings. The van der Waals surface area contributed by atoms with E-state index in [-0.39, 0.29) is 35.6 Å². The Balaban J connectivity index is 1.56. The molecule has 12 heteroatoms. The van der Waals surface area contributed by atoms with Crippen LogP contribution in [0.3, 0.4) is 0 Å². The minimum absolute atomic E-state index is 0.0512. The number of carbonyl (C=O) groups excluding carboxylic acids is 3. The number of methoxy groups -OCH3 is 2. The molecule has 2 aromatic rings. The van der Waals surface area contributed by atoms with Gasteiger partial charge in [0, 0.05) is 25.6 Å². The van der Waals surface area contributed by atoms with Gasteiger partial charge in [-0.3, -0.25) is 24.2 Å². The first-order valence-corrected chi connectivity index (χ1v) is 11.7. The summed E-state index contributed by atoms with van der Waals surface area (Å²) in [5, 5.41) is 5.36. The van der Waals surface area contributed by atoms with Crippen LogP contribution in [0.15, 0.2) is 23.0 Å². The first kappa shape index (κ1) is 25.0. The van der Waals surface area contributed by atoms with Crippen molar-refractivity contribution in [2.24, 2.45) is 5.92 Å². The highest BCUT2D eigenvalue weighted by Crippen LogP contribution is 2.34. The molecule has 2 aliphatic heterocycles. The topological polar surface area (TPSA) is 152 Å². The van der Waals surface area contributed by atoms with Crippen molar-refractivity contribution in [3.05, 3.63) is 34.1 Å². The lowest BCUT2D eigenvalue weighted by Gasteiger charge is -2.32. The smallest absolute Gasteiger partial charge is 0.309 e. The highest BCUT2D eigenvalue weighted by molar-refractivity contribution is 6.05. The fourth-order valence-electron chi connectivity index (χ4n) is 4.45. The number of anilines is 3. The molecule has 1 atom stereocenters. The summed E-state index contributed by atoms with van der Waals surface area (Å²) in [5.74, 6) is -1.22. The summed E-state index contributed by atoms with van der Waals surface area (Å²) < 4.78 is 15.6. The molecule has 1 aromatic heterocycles. The van der Waals surface area contributed by atoms with Gasteiger partial charge < -0.3 is 29.7 Å². The Morgan fingerprint density at radius 1 is 1.17 bits per heavy atom. The molecule has 1 saturated heterocycles. The number of ether oxygens (including phenoxy) is 3.